The van der Waals surface area contributed by atoms with Gasteiger partial charge in [0.05, 0.1) is 12.3 Å². The van der Waals surface area contributed by atoms with Crippen LogP contribution in [0.4, 0.5) is 0 Å². The minimum Gasteiger partial charge on any atom is -0.478 e. The van der Waals surface area contributed by atoms with E-state index in [2.05, 4.69) is 77.9 Å². The highest BCUT2D eigenvalue weighted by Gasteiger charge is 2.26. The summed E-state index contributed by atoms with van der Waals surface area (Å²) in [6.45, 7) is 5.00. The fourth-order valence-corrected chi connectivity index (χ4v) is 3.62. The first kappa shape index (κ1) is 20.9. The zero-order valence-corrected chi connectivity index (χ0v) is 18.1. The first-order valence-corrected chi connectivity index (χ1v) is 10.7. The number of unbranched alkanes of at least 4 members (excludes halogenated alkanes) is 1. The normalized spacial score (nSPS) is 13.3. The molecule has 0 bridgehead atoms. The number of hydrogen-bond donors (Lipinski definition) is 3. The summed E-state index contributed by atoms with van der Waals surface area (Å²) in [5, 5.41) is 4.23. The molecule has 160 valence electrons. The standard InChI is InChI=1S/C25H29N5O/c1-25(2,24-27-29-30-28-24)15-9-10-16-31-23-18-21(19-11-5-3-6-12-19)17-22(26-23)20-13-7-4-8-14-20/h3-8,11-14,17-18,29-30H,9-10,15-16H2,1-2H3,(H,27,28). The van der Waals surface area contributed by atoms with E-state index in [-0.39, 0.29) is 5.41 Å². The topological polar surface area (TPSA) is 70.6 Å². The van der Waals surface area contributed by atoms with Crippen LogP contribution < -0.4 is 21.2 Å². The molecule has 0 radical (unpaired) electrons. The van der Waals surface area contributed by atoms with Crippen LogP contribution in [0.5, 0.6) is 5.88 Å². The van der Waals surface area contributed by atoms with Gasteiger partial charge in [-0.05, 0) is 36.5 Å². The van der Waals surface area contributed by atoms with E-state index in [1.807, 2.05) is 30.3 Å². The lowest BCUT2D eigenvalue weighted by atomic mass is 9.86. The van der Waals surface area contributed by atoms with E-state index in [1.165, 1.54) is 0 Å². The summed E-state index contributed by atoms with van der Waals surface area (Å²) < 4.78 is 6.09. The lowest BCUT2D eigenvalue weighted by Gasteiger charge is -2.23. The molecule has 0 atom stereocenters. The molecule has 3 aromatic rings. The van der Waals surface area contributed by atoms with Crippen molar-refractivity contribution in [1.29, 1.82) is 0 Å². The predicted octanol–water partition coefficient (Wildman–Crippen LogP) is 4.92. The van der Waals surface area contributed by atoms with E-state index in [1.54, 1.807) is 0 Å². The number of hydrogen-bond acceptors (Lipinski definition) is 6. The lowest BCUT2D eigenvalue weighted by molar-refractivity contribution is 0.286. The fourth-order valence-electron chi connectivity index (χ4n) is 3.62. The van der Waals surface area contributed by atoms with Crippen LogP contribution in [0.3, 0.4) is 0 Å². The third-order valence-corrected chi connectivity index (χ3v) is 5.47. The third kappa shape index (κ3) is 5.41. The molecule has 1 aromatic heterocycles. The molecule has 0 saturated carbocycles. The van der Waals surface area contributed by atoms with Crippen LogP contribution in [-0.4, -0.2) is 17.4 Å². The minimum absolute atomic E-state index is 0.0253. The SMILES string of the molecule is CC(C)(CCCCOc1cc(-c2ccccc2)cc(-c2ccccc2)n1)C1=NNNN1. The van der Waals surface area contributed by atoms with Gasteiger partial charge in [-0.2, -0.15) is 0 Å². The second kappa shape index (κ2) is 9.62. The number of benzene rings is 2. The van der Waals surface area contributed by atoms with Gasteiger partial charge in [-0.1, -0.05) is 74.5 Å². The van der Waals surface area contributed by atoms with Crippen LogP contribution in [0.1, 0.15) is 33.1 Å². The highest BCUT2D eigenvalue weighted by molar-refractivity contribution is 5.87. The van der Waals surface area contributed by atoms with Crippen LogP contribution in [0, 0.1) is 5.41 Å². The van der Waals surface area contributed by atoms with Crippen LogP contribution in [0.25, 0.3) is 22.4 Å². The van der Waals surface area contributed by atoms with E-state index in [0.717, 1.165) is 47.5 Å². The molecule has 0 aliphatic carbocycles. The second-order valence-corrected chi connectivity index (χ2v) is 8.32. The van der Waals surface area contributed by atoms with Crippen molar-refractivity contribution >= 4 is 5.84 Å². The number of hydrazone groups is 1. The molecule has 4 rings (SSSR count). The molecule has 6 nitrogen and oxygen atoms in total. The number of pyridine rings is 1. The van der Waals surface area contributed by atoms with Gasteiger partial charge in [-0.15, -0.1) is 10.6 Å². The Kier molecular flexibility index (Phi) is 6.48. The molecule has 0 spiro atoms. The summed E-state index contributed by atoms with van der Waals surface area (Å²) in [7, 11) is 0. The monoisotopic (exact) mass is 415 g/mol. The molecule has 1 aliphatic rings. The smallest absolute Gasteiger partial charge is 0.214 e. The predicted molar refractivity (Wildman–Crippen MR) is 125 cm³/mol. The van der Waals surface area contributed by atoms with Crippen molar-refractivity contribution in [1.82, 2.24) is 21.5 Å². The van der Waals surface area contributed by atoms with Gasteiger partial charge < -0.3 is 4.74 Å². The van der Waals surface area contributed by atoms with Gasteiger partial charge in [0.25, 0.3) is 0 Å². The van der Waals surface area contributed by atoms with E-state index < -0.39 is 0 Å². The third-order valence-electron chi connectivity index (χ3n) is 5.47. The molecule has 0 fully saturated rings. The van der Waals surface area contributed by atoms with Gasteiger partial charge in [0.2, 0.25) is 5.88 Å². The van der Waals surface area contributed by atoms with Crippen molar-refractivity contribution in [3.05, 3.63) is 72.8 Å². The maximum Gasteiger partial charge on any atom is 0.214 e. The van der Waals surface area contributed by atoms with E-state index >= 15 is 0 Å². The van der Waals surface area contributed by atoms with Crippen molar-refractivity contribution in [3.8, 4) is 28.3 Å². The van der Waals surface area contributed by atoms with Crippen LogP contribution >= 0.6 is 0 Å². The van der Waals surface area contributed by atoms with Crippen molar-refractivity contribution in [2.45, 2.75) is 33.1 Å². The summed E-state index contributed by atoms with van der Waals surface area (Å²) in [5.74, 6) is 1.59. The Morgan fingerprint density at radius 1 is 0.839 bits per heavy atom. The lowest BCUT2D eigenvalue weighted by Crippen LogP contribution is -2.41. The zero-order chi connectivity index (χ0) is 21.5. The molecule has 1 aliphatic heterocycles. The molecule has 6 heteroatoms. The van der Waals surface area contributed by atoms with Crippen molar-refractivity contribution in [2.75, 3.05) is 6.61 Å². The van der Waals surface area contributed by atoms with Crippen molar-refractivity contribution in [2.24, 2.45) is 10.5 Å². The molecule has 31 heavy (non-hydrogen) atoms. The summed E-state index contributed by atoms with van der Waals surface area (Å²) in [6, 6.07) is 24.7. The Morgan fingerprint density at radius 2 is 1.55 bits per heavy atom. The van der Waals surface area contributed by atoms with Gasteiger partial charge in [0.15, 0.2) is 0 Å². The van der Waals surface area contributed by atoms with Crippen LogP contribution in [0.2, 0.25) is 0 Å². The highest BCUT2D eigenvalue weighted by atomic mass is 16.5. The average molecular weight is 416 g/mol. The minimum atomic E-state index is -0.0253. The van der Waals surface area contributed by atoms with Crippen LogP contribution in [-0.2, 0) is 0 Å². The molecule has 3 N–H and O–H groups in total. The Balaban J connectivity index is 1.42. The molecular formula is C25H29N5O. The van der Waals surface area contributed by atoms with E-state index in [9.17, 15) is 0 Å². The first-order valence-electron chi connectivity index (χ1n) is 10.7. The summed E-state index contributed by atoms with van der Waals surface area (Å²) in [6.07, 6.45) is 3.01. The number of nitrogens with one attached hydrogen (secondary N) is 3. The summed E-state index contributed by atoms with van der Waals surface area (Å²) in [4.78, 5) is 4.77. The number of aromatic nitrogens is 1. The van der Waals surface area contributed by atoms with Gasteiger partial charge >= 0.3 is 0 Å². The van der Waals surface area contributed by atoms with Gasteiger partial charge in [-0.25, -0.2) is 10.5 Å². The van der Waals surface area contributed by atoms with Gasteiger partial charge in [0, 0.05) is 17.0 Å². The Labute approximate surface area is 183 Å². The second-order valence-electron chi connectivity index (χ2n) is 8.32. The number of nitrogens with zero attached hydrogens (tertiary/aromatic N) is 2. The molecular weight excluding hydrogens is 386 g/mol. The number of hydrazine groups is 2. The number of amidine groups is 1. The van der Waals surface area contributed by atoms with Gasteiger partial charge in [0.1, 0.15) is 5.84 Å². The maximum atomic E-state index is 6.09. The quantitative estimate of drug-likeness (QED) is 0.433. The fraction of sp³-hybridized carbons (Fsp3) is 0.280. The van der Waals surface area contributed by atoms with E-state index in [4.69, 9.17) is 9.72 Å². The van der Waals surface area contributed by atoms with Crippen LogP contribution in [0.15, 0.2) is 77.9 Å². The Bertz CT molecular complexity index is 961. The number of ether oxygens (including phenoxy) is 1. The molecule has 0 amide bonds. The highest BCUT2D eigenvalue weighted by Crippen LogP contribution is 2.29. The largest absolute Gasteiger partial charge is 0.478 e. The zero-order valence-electron chi connectivity index (χ0n) is 18.1. The van der Waals surface area contributed by atoms with E-state index in [0.29, 0.717) is 12.5 Å². The average Bonchev–Trinajstić information content (AvgIpc) is 3.36. The van der Waals surface area contributed by atoms with Crippen molar-refractivity contribution < 1.29 is 4.74 Å². The Hall–Kier alpha value is -3.38. The summed E-state index contributed by atoms with van der Waals surface area (Å²) >= 11 is 0. The summed E-state index contributed by atoms with van der Waals surface area (Å²) in [5.41, 5.74) is 12.8. The van der Waals surface area contributed by atoms with Crippen molar-refractivity contribution in [3.63, 3.8) is 0 Å². The molecule has 2 aromatic carbocycles. The van der Waals surface area contributed by atoms with Gasteiger partial charge in [-0.3, -0.25) is 5.43 Å². The maximum absolute atomic E-state index is 6.09. The molecule has 0 saturated heterocycles. The Morgan fingerprint density at radius 3 is 2.23 bits per heavy atom. The number of rotatable bonds is 9. The first-order chi connectivity index (χ1) is 15.1. The molecule has 2 heterocycles. The molecule has 0 unspecified atom stereocenters.